The minimum atomic E-state index is -0.486. The van der Waals surface area contributed by atoms with Crippen LogP contribution in [0.3, 0.4) is 0 Å². The number of esters is 1. The number of anilines is 1. The van der Waals surface area contributed by atoms with E-state index >= 15 is 4.39 Å². The molecule has 3 aromatic carbocycles. The van der Waals surface area contributed by atoms with Gasteiger partial charge in [0.25, 0.3) is 0 Å². The van der Waals surface area contributed by atoms with Crippen molar-refractivity contribution in [1.82, 2.24) is 0 Å². The predicted octanol–water partition coefficient (Wildman–Crippen LogP) is 6.14. The van der Waals surface area contributed by atoms with Gasteiger partial charge in [-0.25, -0.2) is 9.18 Å². The monoisotopic (exact) mass is 457 g/mol. The topological polar surface area (TPSA) is 49.8 Å². The van der Waals surface area contributed by atoms with Crippen LogP contribution in [0, 0.1) is 5.82 Å². The van der Waals surface area contributed by atoms with Crippen molar-refractivity contribution in [3.05, 3.63) is 100 Å². The molecule has 2 atom stereocenters. The average Bonchev–Trinajstić information content (AvgIpc) is 3.67. The van der Waals surface area contributed by atoms with E-state index in [4.69, 9.17) is 0 Å². The number of hydrogen-bond donors (Lipinski definition) is 1. The number of halogens is 1. The highest BCUT2D eigenvalue weighted by molar-refractivity contribution is 5.86. The molecule has 1 aliphatic carbocycles. The Bertz CT molecular complexity index is 1250. The smallest absolute Gasteiger partial charge is 0.330 e. The van der Waals surface area contributed by atoms with Gasteiger partial charge in [-0.3, -0.25) is 0 Å². The fourth-order valence-corrected chi connectivity index (χ4v) is 5.01. The molecule has 1 heterocycles. The summed E-state index contributed by atoms with van der Waals surface area (Å²) in [4.78, 5) is 13.7. The summed E-state index contributed by atoms with van der Waals surface area (Å²) in [6.45, 7) is 2.14. The largest absolute Gasteiger partial charge is 0.508 e. The molecule has 1 fully saturated rings. The zero-order valence-corrected chi connectivity index (χ0v) is 19.4. The standard InChI is InChI=1S/C29H28FNO3/c1-18-15-22-17-24(32)11-13-25(22)29(31(18)23-9-7-21(8-10-23)20-5-6-20)26-12-3-19(16-27(26)30)4-14-28(33)34-2/h3-4,7-14,16-18,20,29,32H,5-6,15H2,1-2H3/b14-4+. The maximum atomic E-state index is 15.6. The van der Waals surface area contributed by atoms with E-state index < -0.39 is 5.97 Å². The third kappa shape index (κ3) is 4.30. The van der Waals surface area contributed by atoms with Gasteiger partial charge in [-0.2, -0.15) is 0 Å². The first-order valence-corrected chi connectivity index (χ1v) is 11.7. The quantitative estimate of drug-likeness (QED) is 0.370. The Morgan fingerprint density at radius 1 is 1.06 bits per heavy atom. The zero-order chi connectivity index (χ0) is 23.8. The fraction of sp³-hybridized carbons (Fsp3) is 0.276. The van der Waals surface area contributed by atoms with Crippen LogP contribution in [-0.4, -0.2) is 24.2 Å². The molecule has 0 amide bonds. The van der Waals surface area contributed by atoms with Crippen LogP contribution in [0.4, 0.5) is 10.1 Å². The summed E-state index contributed by atoms with van der Waals surface area (Å²) in [7, 11) is 1.31. The van der Waals surface area contributed by atoms with Crippen LogP contribution in [0.2, 0.25) is 0 Å². The van der Waals surface area contributed by atoms with Gasteiger partial charge in [0.2, 0.25) is 0 Å². The molecular formula is C29H28FNO3. The number of carbonyl (C=O) groups excluding carboxylic acids is 1. The molecule has 5 rings (SSSR count). The fourth-order valence-electron chi connectivity index (χ4n) is 5.01. The van der Waals surface area contributed by atoms with Crippen LogP contribution in [0.25, 0.3) is 6.08 Å². The second-order valence-corrected chi connectivity index (χ2v) is 9.25. The van der Waals surface area contributed by atoms with Crippen molar-refractivity contribution >= 4 is 17.7 Å². The van der Waals surface area contributed by atoms with Crippen LogP contribution < -0.4 is 4.90 Å². The lowest BCUT2D eigenvalue weighted by molar-refractivity contribution is -0.134. The third-order valence-electron chi connectivity index (χ3n) is 6.86. The van der Waals surface area contributed by atoms with E-state index in [1.165, 1.54) is 37.7 Å². The molecule has 1 N–H and O–H groups in total. The second-order valence-electron chi connectivity index (χ2n) is 9.25. The predicted molar refractivity (Wildman–Crippen MR) is 131 cm³/mol. The minimum absolute atomic E-state index is 0.101. The molecule has 34 heavy (non-hydrogen) atoms. The molecule has 0 spiro atoms. The van der Waals surface area contributed by atoms with Crippen LogP contribution in [0.1, 0.15) is 59.5 Å². The molecule has 174 valence electrons. The molecule has 2 unspecified atom stereocenters. The average molecular weight is 458 g/mol. The van der Waals surface area contributed by atoms with E-state index in [0.717, 1.165) is 23.2 Å². The summed E-state index contributed by atoms with van der Waals surface area (Å²) in [5, 5.41) is 10.1. The highest BCUT2D eigenvalue weighted by Gasteiger charge is 2.35. The van der Waals surface area contributed by atoms with E-state index in [-0.39, 0.29) is 23.7 Å². The van der Waals surface area contributed by atoms with Gasteiger partial charge in [0.1, 0.15) is 11.6 Å². The molecule has 0 aromatic heterocycles. The Morgan fingerprint density at radius 2 is 1.79 bits per heavy atom. The van der Waals surface area contributed by atoms with Crippen molar-refractivity contribution in [3.8, 4) is 5.75 Å². The molecule has 4 nitrogen and oxygen atoms in total. The first-order chi connectivity index (χ1) is 16.4. The normalized spacial score (nSPS) is 19.8. The second kappa shape index (κ2) is 8.98. The lowest BCUT2D eigenvalue weighted by Crippen LogP contribution is -2.43. The first-order valence-electron chi connectivity index (χ1n) is 11.7. The number of rotatable bonds is 5. The van der Waals surface area contributed by atoms with Gasteiger partial charge in [0.05, 0.1) is 13.2 Å². The van der Waals surface area contributed by atoms with Gasteiger partial charge >= 0.3 is 5.97 Å². The SMILES string of the molecule is COC(=O)/C=C/c1ccc(C2c3ccc(O)cc3CC(C)N2c2ccc(C3CC3)cc2)c(F)c1. The van der Waals surface area contributed by atoms with Crippen LogP contribution in [-0.2, 0) is 16.0 Å². The number of phenols is 1. The van der Waals surface area contributed by atoms with E-state index in [2.05, 4.69) is 40.8 Å². The Kier molecular flexibility index (Phi) is 5.86. The molecule has 2 aliphatic rings. The van der Waals surface area contributed by atoms with Crippen LogP contribution in [0.15, 0.2) is 66.7 Å². The molecule has 0 radical (unpaired) electrons. The first kappa shape index (κ1) is 22.2. The third-order valence-corrected chi connectivity index (χ3v) is 6.86. The molecule has 3 aromatic rings. The van der Waals surface area contributed by atoms with Crippen molar-refractivity contribution < 1.29 is 19.0 Å². The van der Waals surface area contributed by atoms with Gasteiger partial charge < -0.3 is 14.7 Å². The van der Waals surface area contributed by atoms with Crippen molar-refractivity contribution in [2.75, 3.05) is 12.0 Å². The van der Waals surface area contributed by atoms with E-state index in [1.807, 2.05) is 12.1 Å². The summed E-state index contributed by atoms with van der Waals surface area (Å²) in [6.07, 6.45) is 6.08. The number of benzene rings is 3. The lowest BCUT2D eigenvalue weighted by atomic mass is 9.84. The summed E-state index contributed by atoms with van der Waals surface area (Å²) in [5.74, 6) is 0.0657. The molecule has 0 saturated heterocycles. The van der Waals surface area contributed by atoms with Crippen molar-refractivity contribution in [3.63, 3.8) is 0 Å². The van der Waals surface area contributed by atoms with Crippen LogP contribution >= 0.6 is 0 Å². The lowest BCUT2D eigenvalue weighted by Gasteiger charge is -2.44. The molecule has 5 heteroatoms. The Morgan fingerprint density at radius 3 is 2.47 bits per heavy atom. The van der Waals surface area contributed by atoms with Crippen molar-refractivity contribution in [2.24, 2.45) is 0 Å². The summed E-state index contributed by atoms with van der Waals surface area (Å²) < 4.78 is 20.2. The van der Waals surface area contributed by atoms with E-state index in [1.54, 1.807) is 24.3 Å². The van der Waals surface area contributed by atoms with E-state index in [0.29, 0.717) is 17.0 Å². The Labute approximate surface area is 199 Å². The molecular weight excluding hydrogens is 429 g/mol. The van der Waals surface area contributed by atoms with Gasteiger partial charge in [0, 0.05) is 23.4 Å². The summed E-state index contributed by atoms with van der Waals surface area (Å²) >= 11 is 0. The number of ether oxygens (including phenoxy) is 1. The number of aromatic hydroxyl groups is 1. The number of nitrogens with zero attached hydrogens (tertiary/aromatic N) is 1. The molecule has 1 saturated carbocycles. The molecule has 1 aliphatic heterocycles. The van der Waals surface area contributed by atoms with Gasteiger partial charge in [-0.15, -0.1) is 0 Å². The maximum Gasteiger partial charge on any atom is 0.330 e. The highest BCUT2D eigenvalue weighted by Crippen LogP contribution is 2.44. The van der Waals surface area contributed by atoms with E-state index in [9.17, 15) is 9.90 Å². The van der Waals surface area contributed by atoms with Crippen molar-refractivity contribution in [1.29, 1.82) is 0 Å². The van der Waals surface area contributed by atoms with Crippen molar-refractivity contribution in [2.45, 2.75) is 44.2 Å². The maximum absolute atomic E-state index is 15.6. The number of methoxy groups -OCH3 is 1. The summed E-state index contributed by atoms with van der Waals surface area (Å²) in [6, 6.07) is 18.8. The van der Waals surface area contributed by atoms with Crippen LogP contribution in [0.5, 0.6) is 5.75 Å². The van der Waals surface area contributed by atoms with Gasteiger partial charge in [0.15, 0.2) is 0 Å². The Balaban J connectivity index is 1.58. The highest BCUT2D eigenvalue weighted by atomic mass is 19.1. The number of carbonyl (C=O) groups is 1. The van der Waals surface area contributed by atoms with Gasteiger partial charge in [-0.1, -0.05) is 30.3 Å². The van der Waals surface area contributed by atoms with Gasteiger partial charge in [-0.05, 0) is 90.8 Å². The number of phenolic OH excluding ortho intramolecular Hbond substituents is 1. The number of fused-ring (bicyclic) bond motifs is 1. The minimum Gasteiger partial charge on any atom is -0.508 e. The summed E-state index contributed by atoms with van der Waals surface area (Å²) in [5.41, 5.74) is 5.57. The Hall–Kier alpha value is -3.60. The molecule has 0 bridgehead atoms. The zero-order valence-electron chi connectivity index (χ0n) is 19.4. The number of hydrogen-bond acceptors (Lipinski definition) is 4.